The molecule has 0 aliphatic carbocycles. The van der Waals surface area contributed by atoms with Crippen LogP contribution in [-0.4, -0.2) is 25.5 Å². The number of rotatable bonds is 7. The van der Waals surface area contributed by atoms with E-state index in [1.165, 1.54) is 6.07 Å². The molecule has 2 N–H and O–H groups in total. The van der Waals surface area contributed by atoms with Gasteiger partial charge in [0.15, 0.2) is 11.6 Å². The minimum Gasteiger partial charge on any atom is -0.476 e. The summed E-state index contributed by atoms with van der Waals surface area (Å²) in [6.45, 7) is 2.55. The minimum atomic E-state index is -1.01. The predicted octanol–water partition coefficient (Wildman–Crippen LogP) is 3.20. The van der Waals surface area contributed by atoms with E-state index in [4.69, 9.17) is 4.74 Å². The standard InChI is InChI=1S/C20H22F2N2O2/c21-17-7-6-16(12-18(17)22)26-19(15-4-2-1-3-5-15)20(25)24-11-9-14-8-10-23-13-14/h1-7,12,14,19,23H,8-11,13H2,(H,24,25). The number of carbonyl (C=O) groups excluding carboxylic acids is 1. The Morgan fingerprint density at radius 2 is 2.00 bits per heavy atom. The van der Waals surface area contributed by atoms with Crippen LogP contribution in [0.1, 0.15) is 24.5 Å². The summed E-state index contributed by atoms with van der Waals surface area (Å²) < 4.78 is 32.3. The van der Waals surface area contributed by atoms with Gasteiger partial charge in [0.2, 0.25) is 6.10 Å². The maximum Gasteiger partial charge on any atom is 0.265 e. The third-order valence-corrected chi connectivity index (χ3v) is 4.50. The average Bonchev–Trinajstić information content (AvgIpc) is 3.16. The third kappa shape index (κ3) is 4.79. The third-order valence-electron chi connectivity index (χ3n) is 4.50. The molecular formula is C20H22F2N2O2. The predicted molar refractivity (Wildman–Crippen MR) is 94.8 cm³/mol. The highest BCUT2D eigenvalue weighted by Gasteiger charge is 2.23. The first-order chi connectivity index (χ1) is 12.6. The molecule has 1 amide bonds. The Kier molecular flexibility index (Phi) is 6.17. The van der Waals surface area contributed by atoms with Gasteiger partial charge in [0.25, 0.3) is 5.91 Å². The molecule has 2 unspecified atom stereocenters. The quantitative estimate of drug-likeness (QED) is 0.797. The van der Waals surface area contributed by atoms with Gasteiger partial charge in [0.05, 0.1) is 0 Å². The molecule has 1 aliphatic heterocycles. The summed E-state index contributed by atoms with van der Waals surface area (Å²) in [6, 6.07) is 12.2. The summed E-state index contributed by atoms with van der Waals surface area (Å²) >= 11 is 0. The van der Waals surface area contributed by atoms with Crippen LogP contribution >= 0.6 is 0 Å². The molecule has 1 saturated heterocycles. The smallest absolute Gasteiger partial charge is 0.265 e. The molecule has 0 saturated carbocycles. The van der Waals surface area contributed by atoms with Crippen molar-refractivity contribution in [1.29, 1.82) is 0 Å². The van der Waals surface area contributed by atoms with E-state index in [9.17, 15) is 13.6 Å². The van der Waals surface area contributed by atoms with E-state index in [1.54, 1.807) is 24.3 Å². The Labute approximate surface area is 151 Å². The normalized spacial score (nSPS) is 17.7. The summed E-state index contributed by atoms with van der Waals surface area (Å²) in [5.41, 5.74) is 0.650. The van der Waals surface area contributed by atoms with Crippen molar-refractivity contribution in [3.8, 4) is 5.75 Å². The lowest BCUT2D eigenvalue weighted by atomic mass is 10.0. The van der Waals surface area contributed by atoms with Crippen molar-refractivity contribution in [2.75, 3.05) is 19.6 Å². The number of nitrogens with one attached hydrogen (secondary N) is 2. The molecule has 2 aromatic rings. The average molecular weight is 360 g/mol. The van der Waals surface area contributed by atoms with Gasteiger partial charge < -0.3 is 15.4 Å². The molecule has 26 heavy (non-hydrogen) atoms. The van der Waals surface area contributed by atoms with Crippen LogP contribution in [0.25, 0.3) is 0 Å². The van der Waals surface area contributed by atoms with Crippen LogP contribution in [0.5, 0.6) is 5.75 Å². The topological polar surface area (TPSA) is 50.4 Å². The van der Waals surface area contributed by atoms with Crippen LogP contribution in [0.4, 0.5) is 8.78 Å². The lowest BCUT2D eigenvalue weighted by Crippen LogP contribution is -2.34. The summed E-state index contributed by atoms with van der Waals surface area (Å²) in [4.78, 5) is 12.7. The summed E-state index contributed by atoms with van der Waals surface area (Å²) in [6.07, 6.45) is 1.08. The van der Waals surface area contributed by atoms with E-state index in [-0.39, 0.29) is 11.7 Å². The highest BCUT2D eigenvalue weighted by atomic mass is 19.2. The molecule has 2 aromatic carbocycles. The maximum atomic E-state index is 13.4. The van der Waals surface area contributed by atoms with Gasteiger partial charge in [-0.3, -0.25) is 4.79 Å². The fraction of sp³-hybridized carbons (Fsp3) is 0.350. The van der Waals surface area contributed by atoms with Crippen molar-refractivity contribution >= 4 is 5.91 Å². The van der Waals surface area contributed by atoms with Crippen LogP contribution in [-0.2, 0) is 4.79 Å². The molecule has 0 spiro atoms. The largest absolute Gasteiger partial charge is 0.476 e. The van der Waals surface area contributed by atoms with Gasteiger partial charge in [-0.15, -0.1) is 0 Å². The molecule has 2 atom stereocenters. The first-order valence-corrected chi connectivity index (χ1v) is 8.78. The van der Waals surface area contributed by atoms with Gasteiger partial charge in [0.1, 0.15) is 5.75 Å². The lowest BCUT2D eigenvalue weighted by molar-refractivity contribution is -0.128. The highest BCUT2D eigenvalue weighted by Crippen LogP contribution is 2.24. The minimum absolute atomic E-state index is 0.105. The summed E-state index contributed by atoms with van der Waals surface area (Å²) in [5, 5.41) is 6.19. The Bertz CT molecular complexity index is 734. The Morgan fingerprint density at radius 3 is 2.69 bits per heavy atom. The molecule has 0 bridgehead atoms. The zero-order chi connectivity index (χ0) is 18.4. The second-order valence-electron chi connectivity index (χ2n) is 6.42. The van der Waals surface area contributed by atoms with Gasteiger partial charge >= 0.3 is 0 Å². The fourth-order valence-electron chi connectivity index (χ4n) is 3.04. The first-order valence-electron chi connectivity index (χ1n) is 8.78. The summed E-state index contributed by atoms with van der Waals surface area (Å²) in [7, 11) is 0. The van der Waals surface area contributed by atoms with Gasteiger partial charge in [-0.25, -0.2) is 8.78 Å². The molecular weight excluding hydrogens is 338 g/mol. The number of ether oxygens (including phenoxy) is 1. The van der Waals surface area contributed by atoms with Crippen molar-refractivity contribution in [1.82, 2.24) is 10.6 Å². The van der Waals surface area contributed by atoms with Gasteiger partial charge in [-0.1, -0.05) is 30.3 Å². The van der Waals surface area contributed by atoms with Crippen LogP contribution < -0.4 is 15.4 Å². The molecule has 0 aromatic heterocycles. The SMILES string of the molecule is O=C(NCCC1CCNC1)C(Oc1ccc(F)c(F)c1)c1ccccc1. The highest BCUT2D eigenvalue weighted by molar-refractivity contribution is 5.82. The Hall–Kier alpha value is -2.47. The van der Waals surface area contributed by atoms with E-state index in [0.717, 1.165) is 38.1 Å². The maximum absolute atomic E-state index is 13.4. The van der Waals surface area contributed by atoms with Gasteiger partial charge in [0, 0.05) is 18.2 Å². The van der Waals surface area contributed by atoms with Crippen LogP contribution in [0.15, 0.2) is 48.5 Å². The number of hydrogen-bond acceptors (Lipinski definition) is 3. The van der Waals surface area contributed by atoms with Gasteiger partial charge in [-0.2, -0.15) is 0 Å². The number of halogens is 2. The molecule has 1 fully saturated rings. The van der Waals surface area contributed by atoms with Crippen LogP contribution in [0.2, 0.25) is 0 Å². The molecule has 0 radical (unpaired) electrons. The monoisotopic (exact) mass is 360 g/mol. The fourth-order valence-corrected chi connectivity index (χ4v) is 3.04. The number of carbonyl (C=O) groups is 1. The zero-order valence-electron chi connectivity index (χ0n) is 14.4. The first kappa shape index (κ1) is 18.3. The molecule has 138 valence electrons. The molecule has 1 aliphatic rings. The van der Waals surface area contributed by atoms with Crippen LogP contribution in [0, 0.1) is 17.6 Å². The lowest BCUT2D eigenvalue weighted by Gasteiger charge is -2.20. The Balaban J connectivity index is 1.68. The van der Waals surface area contributed by atoms with Crippen molar-refractivity contribution < 1.29 is 18.3 Å². The molecule has 6 heteroatoms. The molecule has 1 heterocycles. The Morgan fingerprint density at radius 1 is 1.19 bits per heavy atom. The number of benzene rings is 2. The van der Waals surface area contributed by atoms with E-state index in [1.807, 2.05) is 6.07 Å². The van der Waals surface area contributed by atoms with Crippen molar-refractivity contribution in [2.24, 2.45) is 5.92 Å². The van der Waals surface area contributed by atoms with Crippen LogP contribution in [0.3, 0.4) is 0 Å². The number of hydrogen-bond donors (Lipinski definition) is 2. The van der Waals surface area contributed by atoms with Crippen molar-refractivity contribution in [3.63, 3.8) is 0 Å². The van der Waals surface area contributed by atoms with E-state index >= 15 is 0 Å². The van der Waals surface area contributed by atoms with E-state index < -0.39 is 17.7 Å². The van der Waals surface area contributed by atoms with E-state index in [0.29, 0.717) is 18.0 Å². The van der Waals surface area contributed by atoms with Crippen molar-refractivity contribution in [3.05, 3.63) is 65.7 Å². The molecule has 3 rings (SSSR count). The second kappa shape index (κ2) is 8.76. The van der Waals surface area contributed by atoms with Gasteiger partial charge in [-0.05, 0) is 44.0 Å². The summed E-state index contributed by atoms with van der Waals surface area (Å²) in [5.74, 6) is -1.59. The zero-order valence-corrected chi connectivity index (χ0v) is 14.4. The van der Waals surface area contributed by atoms with Crippen molar-refractivity contribution in [2.45, 2.75) is 18.9 Å². The molecule has 4 nitrogen and oxygen atoms in total. The number of amides is 1. The second-order valence-corrected chi connectivity index (χ2v) is 6.42. The van der Waals surface area contributed by atoms with E-state index in [2.05, 4.69) is 10.6 Å².